The largest absolute Gasteiger partial charge is 0.389 e. The highest BCUT2D eigenvalue weighted by atomic mass is 32.1. The summed E-state index contributed by atoms with van der Waals surface area (Å²) < 4.78 is 0. The van der Waals surface area contributed by atoms with Crippen LogP contribution in [0.2, 0.25) is 0 Å². The topological polar surface area (TPSA) is 42.1 Å². The summed E-state index contributed by atoms with van der Waals surface area (Å²) in [7, 11) is 0. The maximum absolute atomic E-state index is 5.57. The number of aromatic nitrogens is 1. The monoisotopic (exact) mass is 241 g/mol. The average Bonchev–Trinajstić information content (AvgIpc) is 2.55. The van der Waals surface area contributed by atoms with Gasteiger partial charge >= 0.3 is 0 Å². The summed E-state index contributed by atoms with van der Waals surface area (Å²) >= 11 is 6.54. The zero-order valence-corrected chi connectivity index (χ0v) is 10.2. The molecule has 0 amide bonds. The standard InChI is InChI=1S/C10H15N3S2/c11-9(14)8-7-12-10(15-8)13-5-3-1-2-4-6-13/h7H,1-6H2,(H2,11,14). The molecule has 2 rings (SSSR count). The van der Waals surface area contributed by atoms with E-state index in [9.17, 15) is 0 Å². The van der Waals surface area contributed by atoms with E-state index in [-0.39, 0.29) is 0 Å². The van der Waals surface area contributed by atoms with Gasteiger partial charge in [-0.3, -0.25) is 0 Å². The minimum absolute atomic E-state index is 0.452. The predicted molar refractivity (Wildman–Crippen MR) is 68.7 cm³/mol. The predicted octanol–water partition coefficient (Wildman–Crippen LogP) is 2.16. The lowest BCUT2D eigenvalue weighted by Gasteiger charge is -2.18. The van der Waals surface area contributed by atoms with Gasteiger partial charge < -0.3 is 10.6 Å². The highest BCUT2D eigenvalue weighted by Crippen LogP contribution is 2.24. The van der Waals surface area contributed by atoms with Crippen molar-refractivity contribution in [1.29, 1.82) is 0 Å². The Bertz CT molecular complexity index is 340. The van der Waals surface area contributed by atoms with Crippen molar-refractivity contribution < 1.29 is 0 Å². The lowest BCUT2D eigenvalue weighted by molar-refractivity contribution is 0.726. The van der Waals surface area contributed by atoms with Gasteiger partial charge in [0.1, 0.15) is 4.99 Å². The number of nitrogens with zero attached hydrogens (tertiary/aromatic N) is 2. The van der Waals surface area contributed by atoms with Gasteiger partial charge in [0.05, 0.1) is 11.1 Å². The van der Waals surface area contributed by atoms with Crippen LogP contribution in [-0.2, 0) is 0 Å². The third-order valence-electron chi connectivity index (χ3n) is 2.61. The van der Waals surface area contributed by atoms with Crippen molar-refractivity contribution in [3.8, 4) is 0 Å². The molecule has 5 heteroatoms. The SMILES string of the molecule is NC(=S)c1cnc(N2CCCCCC2)s1. The van der Waals surface area contributed by atoms with Crippen LogP contribution in [0.5, 0.6) is 0 Å². The van der Waals surface area contributed by atoms with Gasteiger partial charge in [0.15, 0.2) is 5.13 Å². The number of rotatable bonds is 2. The van der Waals surface area contributed by atoms with Crippen LogP contribution in [0, 0.1) is 0 Å². The maximum atomic E-state index is 5.57. The summed E-state index contributed by atoms with van der Waals surface area (Å²) in [5.41, 5.74) is 5.57. The molecule has 0 radical (unpaired) electrons. The normalized spacial score (nSPS) is 17.5. The fourth-order valence-electron chi connectivity index (χ4n) is 1.79. The Morgan fingerprint density at radius 1 is 1.33 bits per heavy atom. The quantitative estimate of drug-likeness (QED) is 0.806. The van der Waals surface area contributed by atoms with E-state index in [4.69, 9.17) is 18.0 Å². The third kappa shape index (κ3) is 2.66. The molecule has 0 saturated carbocycles. The van der Waals surface area contributed by atoms with E-state index >= 15 is 0 Å². The van der Waals surface area contributed by atoms with Crippen molar-refractivity contribution in [3.05, 3.63) is 11.1 Å². The molecule has 0 aromatic carbocycles. The first-order valence-corrected chi connectivity index (χ1v) is 6.50. The second kappa shape index (κ2) is 4.90. The molecule has 2 heterocycles. The number of nitrogens with two attached hydrogens (primary N) is 1. The highest BCUT2D eigenvalue weighted by molar-refractivity contribution is 7.81. The average molecular weight is 241 g/mol. The molecular weight excluding hydrogens is 226 g/mol. The van der Waals surface area contributed by atoms with Crippen molar-refractivity contribution >= 4 is 33.7 Å². The molecular formula is C10H15N3S2. The lowest BCUT2D eigenvalue weighted by Crippen LogP contribution is -2.23. The smallest absolute Gasteiger partial charge is 0.185 e. The number of anilines is 1. The first-order chi connectivity index (χ1) is 7.27. The van der Waals surface area contributed by atoms with Crippen molar-refractivity contribution in [3.63, 3.8) is 0 Å². The zero-order valence-electron chi connectivity index (χ0n) is 8.61. The van der Waals surface area contributed by atoms with E-state index in [2.05, 4.69) is 9.88 Å². The molecule has 0 unspecified atom stereocenters. The number of hydrogen-bond donors (Lipinski definition) is 1. The molecule has 82 valence electrons. The molecule has 0 aliphatic carbocycles. The minimum atomic E-state index is 0.452. The van der Waals surface area contributed by atoms with E-state index in [1.807, 2.05) is 0 Å². The molecule has 1 aromatic rings. The van der Waals surface area contributed by atoms with Crippen LogP contribution >= 0.6 is 23.6 Å². The van der Waals surface area contributed by atoms with Gasteiger partial charge in [-0.1, -0.05) is 36.4 Å². The molecule has 15 heavy (non-hydrogen) atoms. The van der Waals surface area contributed by atoms with Gasteiger partial charge in [-0.05, 0) is 12.8 Å². The highest BCUT2D eigenvalue weighted by Gasteiger charge is 2.13. The Morgan fingerprint density at radius 2 is 2.00 bits per heavy atom. The molecule has 0 atom stereocenters. The van der Waals surface area contributed by atoms with Crippen molar-refractivity contribution in [2.45, 2.75) is 25.7 Å². The molecule has 1 aromatic heterocycles. The van der Waals surface area contributed by atoms with E-state index in [1.54, 1.807) is 17.5 Å². The van der Waals surface area contributed by atoms with Crippen LogP contribution < -0.4 is 10.6 Å². The number of thiazole rings is 1. The molecule has 3 nitrogen and oxygen atoms in total. The Kier molecular flexibility index (Phi) is 3.53. The molecule has 1 fully saturated rings. The van der Waals surface area contributed by atoms with Crippen molar-refractivity contribution in [2.75, 3.05) is 18.0 Å². The fraction of sp³-hybridized carbons (Fsp3) is 0.600. The molecule has 1 aliphatic heterocycles. The van der Waals surface area contributed by atoms with Gasteiger partial charge in [0, 0.05) is 13.1 Å². The Hall–Kier alpha value is -0.680. The summed E-state index contributed by atoms with van der Waals surface area (Å²) in [5, 5.41) is 1.07. The zero-order chi connectivity index (χ0) is 10.7. The summed E-state index contributed by atoms with van der Waals surface area (Å²) in [6.07, 6.45) is 6.99. The number of thiocarbonyl (C=S) groups is 1. The Labute approximate surface area is 99.3 Å². The summed E-state index contributed by atoms with van der Waals surface area (Å²) in [5.74, 6) is 0. The van der Waals surface area contributed by atoms with Crippen molar-refractivity contribution in [2.24, 2.45) is 5.73 Å². The Balaban J connectivity index is 2.10. The number of hydrogen-bond acceptors (Lipinski definition) is 4. The molecule has 0 spiro atoms. The summed E-state index contributed by atoms with van der Waals surface area (Å²) in [6, 6.07) is 0. The lowest BCUT2D eigenvalue weighted by atomic mass is 10.2. The second-order valence-corrected chi connectivity index (χ2v) is 5.22. The first kappa shape index (κ1) is 10.8. The minimum Gasteiger partial charge on any atom is -0.389 e. The van der Waals surface area contributed by atoms with Crippen LogP contribution in [-0.4, -0.2) is 23.1 Å². The van der Waals surface area contributed by atoms with E-state index in [1.165, 1.54) is 25.7 Å². The molecule has 1 aliphatic rings. The van der Waals surface area contributed by atoms with Crippen LogP contribution in [0.15, 0.2) is 6.20 Å². The Morgan fingerprint density at radius 3 is 2.53 bits per heavy atom. The fourth-order valence-corrected chi connectivity index (χ4v) is 2.78. The van der Waals surface area contributed by atoms with Crippen LogP contribution in [0.25, 0.3) is 0 Å². The van der Waals surface area contributed by atoms with Crippen LogP contribution in [0.1, 0.15) is 30.6 Å². The summed E-state index contributed by atoms with van der Waals surface area (Å²) in [4.78, 5) is 8.10. The first-order valence-electron chi connectivity index (χ1n) is 5.28. The molecule has 0 bridgehead atoms. The molecule has 2 N–H and O–H groups in total. The van der Waals surface area contributed by atoms with Crippen molar-refractivity contribution in [1.82, 2.24) is 4.98 Å². The van der Waals surface area contributed by atoms with Gasteiger partial charge in [-0.25, -0.2) is 4.98 Å². The summed E-state index contributed by atoms with van der Waals surface area (Å²) in [6.45, 7) is 2.23. The maximum Gasteiger partial charge on any atom is 0.185 e. The van der Waals surface area contributed by atoms with Gasteiger partial charge in [0.25, 0.3) is 0 Å². The van der Waals surface area contributed by atoms with Gasteiger partial charge in [0.2, 0.25) is 0 Å². The van der Waals surface area contributed by atoms with E-state index in [0.29, 0.717) is 4.99 Å². The third-order valence-corrected chi connectivity index (χ3v) is 4.05. The van der Waals surface area contributed by atoms with Gasteiger partial charge in [-0.2, -0.15) is 0 Å². The van der Waals surface area contributed by atoms with Crippen LogP contribution in [0.4, 0.5) is 5.13 Å². The molecule has 1 saturated heterocycles. The van der Waals surface area contributed by atoms with E-state index in [0.717, 1.165) is 23.1 Å². The second-order valence-electron chi connectivity index (χ2n) is 3.77. The van der Waals surface area contributed by atoms with Gasteiger partial charge in [-0.15, -0.1) is 0 Å². The van der Waals surface area contributed by atoms with E-state index < -0.39 is 0 Å². The van der Waals surface area contributed by atoms with Crippen LogP contribution in [0.3, 0.4) is 0 Å².